The molecule has 4 aromatic heterocycles. The zero-order chi connectivity index (χ0) is 26.1. The zero-order valence-corrected chi connectivity index (χ0v) is 21.4. The molecule has 4 heterocycles. The van der Waals surface area contributed by atoms with Crippen LogP contribution in [-0.4, -0.2) is 44.1 Å². The van der Waals surface area contributed by atoms with Crippen LogP contribution in [0.5, 0.6) is 0 Å². The van der Waals surface area contributed by atoms with Gasteiger partial charge in [-0.1, -0.05) is 24.8 Å². The topological polar surface area (TPSA) is 73.5 Å². The molecule has 1 aromatic carbocycles. The van der Waals surface area contributed by atoms with Crippen molar-refractivity contribution in [2.45, 2.75) is 20.4 Å². The molecule has 0 aliphatic heterocycles. The molecule has 0 atom stereocenters. The van der Waals surface area contributed by atoms with Gasteiger partial charge in [-0.15, -0.1) is 0 Å². The fourth-order valence-corrected chi connectivity index (χ4v) is 4.68. The molecule has 0 amide bonds. The van der Waals surface area contributed by atoms with Gasteiger partial charge >= 0.3 is 0 Å². The number of aromatic nitrogens is 5. The molecule has 7 heteroatoms. The predicted octanol–water partition coefficient (Wildman–Crippen LogP) is 6.45. The quantitative estimate of drug-likeness (QED) is 0.256. The third-order valence-electron chi connectivity index (χ3n) is 6.23. The Morgan fingerprint density at radius 3 is 2.65 bits per heavy atom. The van der Waals surface area contributed by atoms with Crippen molar-refractivity contribution in [1.29, 1.82) is 0 Å². The van der Waals surface area contributed by atoms with Gasteiger partial charge in [0.15, 0.2) is 0 Å². The normalized spacial score (nSPS) is 12.0. The summed E-state index contributed by atoms with van der Waals surface area (Å²) in [6, 6.07) is 11.3. The Bertz CT molecular complexity index is 1620. The largest absolute Gasteiger partial charge is 0.357 e. The van der Waals surface area contributed by atoms with Gasteiger partial charge in [0.25, 0.3) is 0 Å². The van der Waals surface area contributed by atoms with Crippen molar-refractivity contribution in [3.63, 3.8) is 0 Å². The van der Waals surface area contributed by atoms with Crippen LogP contribution in [0.4, 0.5) is 4.39 Å². The number of allylic oxidation sites excluding steroid dienone is 2. The van der Waals surface area contributed by atoms with E-state index in [1.807, 2.05) is 58.5 Å². The number of halogens is 1. The molecule has 5 rings (SSSR count). The first-order valence-electron chi connectivity index (χ1n) is 12.1. The van der Waals surface area contributed by atoms with Crippen LogP contribution in [0.2, 0.25) is 0 Å². The van der Waals surface area contributed by atoms with Crippen molar-refractivity contribution in [2.24, 2.45) is 0 Å². The summed E-state index contributed by atoms with van der Waals surface area (Å²) in [6.45, 7) is 8.57. The number of nitrogens with zero attached hydrogens (tertiary/aromatic N) is 4. The second-order valence-corrected chi connectivity index (χ2v) is 9.56. The van der Waals surface area contributed by atoms with Gasteiger partial charge in [-0.05, 0) is 80.5 Å². The Kier molecular flexibility index (Phi) is 6.54. The highest BCUT2D eigenvalue weighted by molar-refractivity contribution is 5.95. The molecule has 186 valence electrons. The smallest absolute Gasteiger partial charge is 0.124 e. The summed E-state index contributed by atoms with van der Waals surface area (Å²) in [4.78, 5) is 14.6. The molecule has 0 bridgehead atoms. The number of hydrogen-bond donors (Lipinski definition) is 2. The highest BCUT2D eigenvalue weighted by Gasteiger charge is 2.17. The van der Waals surface area contributed by atoms with Crippen molar-refractivity contribution in [2.75, 3.05) is 14.1 Å². The number of pyridine rings is 2. The molecule has 37 heavy (non-hydrogen) atoms. The van der Waals surface area contributed by atoms with Crippen molar-refractivity contribution in [3.05, 3.63) is 107 Å². The van der Waals surface area contributed by atoms with E-state index >= 15 is 0 Å². The van der Waals surface area contributed by atoms with Crippen molar-refractivity contribution in [1.82, 2.24) is 30.0 Å². The Labute approximate surface area is 215 Å². The van der Waals surface area contributed by atoms with Gasteiger partial charge in [0, 0.05) is 41.1 Å². The molecule has 0 aliphatic carbocycles. The SMILES string of the molecule is C=C/C=C(/c1cc(C)cc(F)c1)c1cc(-c2n[nH]c3cnc(-c4cncc(CN(C)C)c4)cc23)[nH]c1C. The van der Waals surface area contributed by atoms with Crippen molar-refractivity contribution < 1.29 is 4.39 Å². The summed E-state index contributed by atoms with van der Waals surface area (Å²) >= 11 is 0. The standard InChI is InChI=1S/C30H29FN6/c1-6-7-24(21-8-18(2)9-23(31)11-21)25-12-28(34-19(25)3)30-26-13-27(33-16-29(26)35-36-30)22-10-20(14-32-15-22)17-37(4)5/h6-16,34H,1,17H2,2-5H3,(H,35,36)/b24-7-. The number of H-pyrrole nitrogens is 2. The van der Waals surface area contributed by atoms with Crippen molar-refractivity contribution >= 4 is 16.5 Å². The van der Waals surface area contributed by atoms with E-state index in [2.05, 4.69) is 48.8 Å². The summed E-state index contributed by atoms with van der Waals surface area (Å²) in [7, 11) is 4.07. The summed E-state index contributed by atoms with van der Waals surface area (Å²) in [5, 5.41) is 8.65. The first-order valence-corrected chi connectivity index (χ1v) is 12.1. The van der Waals surface area contributed by atoms with Gasteiger partial charge < -0.3 is 9.88 Å². The number of benzene rings is 1. The van der Waals surface area contributed by atoms with Crippen LogP contribution in [0.25, 0.3) is 39.1 Å². The lowest BCUT2D eigenvalue weighted by atomic mass is 9.96. The van der Waals surface area contributed by atoms with Gasteiger partial charge in [-0.2, -0.15) is 5.10 Å². The first kappa shape index (κ1) is 24.3. The molecule has 0 fully saturated rings. The fourth-order valence-electron chi connectivity index (χ4n) is 4.68. The third kappa shape index (κ3) is 4.99. The molecule has 0 aliphatic rings. The number of hydrogen-bond acceptors (Lipinski definition) is 4. The van der Waals surface area contributed by atoms with E-state index < -0.39 is 0 Å². The van der Waals surface area contributed by atoms with Gasteiger partial charge in [-0.3, -0.25) is 15.1 Å². The molecule has 0 spiro atoms. The number of nitrogens with one attached hydrogen (secondary N) is 2. The van der Waals surface area contributed by atoms with E-state index in [1.165, 1.54) is 6.07 Å². The summed E-state index contributed by atoms with van der Waals surface area (Å²) in [5.74, 6) is -0.263. The average molecular weight is 493 g/mol. The Morgan fingerprint density at radius 1 is 1.05 bits per heavy atom. The number of rotatable bonds is 7. The number of fused-ring (bicyclic) bond motifs is 1. The monoisotopic (exact) mass is 492 g/mol. The molecule has 5 aromatic rings. The molecular weight excluding hydrogens is 463 g/mol. The second kappa shape index (κ2) is 9.95. The van der Waals surface area contributed by atoms with Gasteiger partial charge in [0.1, 0.15) is 11.5 Å². The first-order chi connectivity index (χ1) is 17.8. The van der Waals surface area contributed by atoms with E-state index in [0.717, 1.165) is 73.6 Å². The molecule has 6 nitrogen and oxygen atoms in total. The van der Waals surface area contributed by atoms with Gasteiger partial charge in [0.05, 0.1) is 23.1 Å². The van der Waals surface area contributed by atoms with Crippen LogP contribution >= 0.6 is 0 Å². The lowest BCUT2D eigenvalue weighted by Crippen LogP contribution is -2.10. The van der Waals surface area contributed by atoms with Gasteiger partial charge in [0.2, 0.25) is 0 Å². The maximum atomic E-state index is 14.2. The van der Waals surface area contributed by atoms with Crippen LogP contribution < -0.4 is 0 Å². The zero-order valence-electron chi connectivity index (χ0n) is 21.4. The van der Waals surface area contributed by atoms with Crippen LogP contribution in [0, 0.1) is 19.7 Å². The Balaban J connectivity index is 1.57. The van der Waals surface area contributed by atoms with E-state index in [0.29, 0.717) is 0 Å². The molecule has 2 N–H and O–H groups in total. The minimum Gasteiger partial charge on any atom is -0.357 e. The van der Waals surface area contributed by atoms with Crippen molar-refractivity contribution in [3.8, 4) is 22.6 Å². The average Bonchev–Trinajstić information content (AvgIpc) is 3.44. The maximum Gasteiger partial charge on any atom is 0.124 e. The predicted molar refractivity (Wildman–Crippen MR) is 147 cm³/mol. The lowest BCUT2D eigenvalue weighted by Gasteiger charge is -2.10. The molecule has 0 saturated carbocycles. The highest BCUT2D eigenvalue weighted by Crippen LogP contribution is 2.34. The highest BCUT2D eigenvalue weighted by atomic mass is 19.1. The summed E-state index contributed by atoms with van der Waals surface area (Å²) < 4.78 is 14.2. The summed E-state index contributed by atoms with van der Waals surface area (Å²) in [6.07, 6.45) is 9.14. The molecule has 0 unspecified atom stereocenters. The lowest BCUT2D eigenvalue weighted by molar-refractivity contribution is 0.402. The Hall–Kier alpha value is -4.36. The third-order valence-corrected chi connectivity index (χ3v) is 6.23. The number of aryl methyl sites for hydroxylation is 2. The van der Waals surface area contributed by atoms with Crippen LogP contribution in [-0.2, 0) is 6.54 Å². The van der Waals surface area contributed by atoms with E-state index in [4.69, 9.17) is 0 Å². The number of aromatic amines is 2. The van der Waals surface area contributed by atoms with Crippen LogP contribution in [0.3, 0.4) is 0 Å². The fraction of sp³-hybridized carbons (Fsp3) is 0.167. The van der Waals surface area contributed by atoms with Crippen LogP contribution in [0.15, 0.2) is 73.7 Å². The van der Waals surface area contributed by atoms with E-state index in [1.54, 1.807) is 18.3 Å². The summed E-state index contributed by atoms with van der Waals surface area (Å²) in [5.41, 5.74) is 9.87. The van der Waals surface area contributed by atoms with Crippen LogP contribution in [0.1, 0.15) is 27.9 Å². The second-order valence-electron chi connectivity index (χ2n) is 9.56. The molecule has 0 radical (unpaired) electrons. The molecule has 0 saturated heterocycles. The van der Waals surface area contributed by atoms with Gasteiger partial charge in [-0.25, -0.2) is 4.39 Å². The van der Waals surface area contributed by atoms with E-state index in [-0.39, 0.29) is 5.82 Å². The minimum absolute atomic E-state index is 0.263. The van der Waals surface area contributed by atoms with E-state index in [9.17, 15) is 4.39 Å². The maximum absolute atomic E-state index is 14.2. The molecular formula is C30H29FN6. The minimum atomic E-state index is -0.263. The Morgan fingerprint density at radius 2 is 1.89 bits per heavy atom.